The summed E-state index contributed by atoms with van der Waals surface area (Å²) in [6.45, 7) is -2.91. The van der Waals surface area contributed by atoms with Gasteiger partial charge in [0, 0.05) is 13.0 Å². The van der Waals surface area contributed by atoms with Gasteiger partial charge in [0.05, 0.1) is 5.56 Å². The predicted octanol–water partition coefficient (Wildman–Crippen LogP) is 1.05. The molecule has 1 aromatic rings. The number of fused-ring (bicyclic) bond motifs is 1. The number of hydrogen-bond donors (Lipinski definition) is 1. The Labute approximate surface area is 124 Å². The fourth-order valence-electron chi connectivity index (χ4n) is 2.78. The number of alkyl halides is 2. The summed E-state index contributed by atoms with van der Waals surface area (Å²) >= 11 is 0. The Bertz CT molecular complexity index is 662. The molecular weight excluding hydrogens is 298 g/mol. The third-order valence-corrected chi connectivity index (χ3v) is 3.73. The first kappa shape index (κ1) is 14.4. The van der Waals surface area contributed by atoms with Crippen molar-refractivity contribution >= 4 is 17.7 Å². The SMILES string of the molecule is O=C1CCC(N2Cc3cccc(OC(F)F)c3C2=O)C(=O)N1. The van der Waals surface area contributed by atoms with Crippen LogP contribution in [0.25, 0.3) is 0 Å². The van der Waals surface area contributed by atoms with Gasteiger partial charge in [-0.25, -0.2) is 0 Å². The highest BCUT2D eigenvalue weighted by atomic mass is 19.3. The van der Waals surface area contributed by atoms with E-state index in [1.807, 2.05) is 0 Å². The lowest BCUT2D eigenvalue weighted by Gasteiger charge is -2.29. The first-order chi connectivity index (χ1) is 10.5. The first-order valence-corrected chi connectivity index (χ1v) is 6.68. The van der Waals surface area contributed by atoms with Crippen LogP contribution >= 0.6 is 0 Å². The Morgan fingerprint density at radius 3 is 2.73 bits per heavy atom. The van der Waals surface area contributed by atoms with Crippen molar-refractivity contribution in [2.75, 3.05) is 0 Å². The molecule has 1 aromatic carbocycles. The number of benzene rings is 1. The van der Waals surface area contributed by atoms with Crippen LogP contribution in [0.15, 0.2) is 18.2 Å². The minimum atomic E-state index is -3.04. The molecule has 1 atom stereocenters. The summed E-state index contributed by atoms with van der Waals surface area (Å²) < 4.78 is 29.2. The number of ether oxygens (including phenoxy) is 1. The van der Waals surface area contributed by atoms with Crippen LogP contribution in [0.2, 0.25) is 0 Å². The number of imide groups is 1. The average molecular weight is 310 g/mol. The molecule has 0 aromatic heterocycles. The van der Waals surface area contributed by atoms with Gasteiger partial charge < -0.3 is 9.64 Å². The van der Waals surface area contributed by atoms with E-state index < -0.39 is 24.5 Å². The third kappa shape index (κ3) is 2.40. The zero-order chi connectivity index (χ0) is 15.9. The number of piperidine rings is 1. The molecule has 116 valence electrons. The Balaban J connectivity index is 1.88. The van der Waals surface area contributed by atoms with Crippen LogP contribution in [0, 0.1) is 0 Å². The lowest BCUT2D eigenvalue weighted by Crippen LogP contribution is -2.52. The molecule has 2 aliphatic heterocycles. The Morgan fingerprint density at radius 2 is 2.05 bits per heavy atom. The summed E-state index contributed by atoms with van der Waals surface area (Å²) in [6, 6.07) is 3.64. The zero-order valence-electron chi connectivity index (χ0n) is 11.3. The van der Waals surface area contributed by atoms with E-state index in [0.29, 0.717) is 5.56 Å². The number of amides is 3. The van der Waals surface area contributed by atoms with Crippen molar-refractivity contribution in [1.29, 1.82) is 0 Å². The molecule has 0 spiro atoms. The minimum Gasteiger partial charge on any atom is -0.434 e. The van der Waals surface area contributed by atoms with E-state index in [1.54, 1.807) is 6.07 Å². The number of carbonyl (C=O) groups is 3. The fraction of sp³-hybridized carbons (Fsp3) is 0.357. The van der Waals surface area contributed by atoms with Gasteiger partial charge in [-0.1, -0.05) is 12.1 Å². The summed E-state index contributed by atoms with van der Waals surface area (Å²) in [5.74, 6) is -1.67. The molecule has 0 aliphatic carbocycles. The Hall–Kier alpha value is -2.51. The molecule has 1 unspecified atom stereocenters. The van der Waals surface area contributed by atoms with E-state index in [1.165, 1.54) is 17.0 Å². The van der Waals surface area contributed by atoms with Gasteiger partial charge >= 0.3 is 6.61 Å². The molecule has 8 heteroatoms. The highest BCUT2D eigenvalue weighted by molar-refractivity contribution is 6.06. The second-order valence-electron chi connectivity index (χ2n) is 5.07. The predicted molar refractivity (Wildman–Crippen MR) is 69.1 cm³/mol. The van der Waals surface area contributed by atoms with Crippen molar-refractivity contribution in [2.24, 2.45) is 0 Å². The van der Waals surface area contributed by atoms with Crippen molar-refractivity contribution in [3.63, 3.8) is 0 Å². The molecule has 2 aliphatic rings. The quantitative estimate of drug-likeness (QED) is 0.847. The van der Waals surface area contributed by atoms with Crippen molar-refractivity contribution < 1.29 is 27.9 Å². The zero-order valence-corrected chi connectivity index (χ0v) is 11.3. The number of rotatable bonds is 3. The van der Waals surface area contributed by atoms with Gasteiger partial charge in [0.2, 0.25) is 11.8 Å². The molecule has 1 fully saturated rings. The van der Waals surface area contributed by atoms with Gasteiger partial charge in [0.15, 0.2) is 0 Å². The third-order valence-electron chi connectivity index (χ3n) is 3.73. The fourth-order valence-corrected chi connectivity index (χ4v) is 2.78. The van der Waals surface area contributed by atoms with Crippen LogP contribution in [-0.4, -0.2) is 35.3 Å². The Morgan fingerprint density at radius 1 is 1.27 bits per heavy atom. The van der Waals surface area contributed by atoms with Gasteiger partial charge in [-0.05, 0) is 18.1 Å². The van der Waals surface area contributed by atoms with Crippen molar-refractivity contribution in [2.45, 2.75) is 32.0 Å². The van der Waals surface area contributed by atoms with E-state index in [-0.39, 0.29) is 36.6 Å². The standard InChI is InChI=1S/C14H12F2N2O4/c15-14(16)22-9-3-1-2-7-6-18(13(21)11(7)9)8-4-5-10(19)17-12(8)20/h1-3,8,14H,4-6H2,(H,17,19,20). The largest absolute Gasteiger partial charge is 0.434 e. The van der Waals surface area contributed by atoms with Crippen LogP contribution in [0.3, 0.4) is 0 Å². The number of carbonyl (C=O) groups excluding carboxylic acids is 3. The maximum Gasteiger partial charge on any atom is 0.387 e. The molecule has 0 saturated carbocycles. The van der Waals surface area contributed by atoms with Gasteiger partial charge in [-0.2, -0.15) is 8.78 Å². The van der Waals surface area contributed by atoms with Crippen molar-refractivity contribution in [3.8, 4) is 5.75 Å². The van der Waals surface area contributed by atoms with Gasteiger partial charge in [0.25, 0.3) is 5.91 Å². The molecular formula is C14H12F2N2O4. The summed E-state index contributed by atoms with van der Waals surface area (Å²) in [6.07, 6.45) is 0.354. The normalized spacial score (nSPS) is 21.1. The van der Waals surface area contributed by atoms with E-state index in [9.17, 15) is 23.2 Å². The maximum atomic E-state index is 12.5. The van der Waals surface area contributed by atoms with Crippen LogP contribution in [0.4, 0.5) is 8.78 Å². The van der Waals surface area contributed by atoms with Gasteiger partial charge in [-0.3, -0.25) is 19.7 Å². The van der Waals surface area contributed by atoms with E-state index in [0.717, 1.165) is 0 Å². The molecule has 1 saturated heterocycles. The highest BCUT2D eigenvalue weighted by Crippen LogP contribution is 2.34. The molecule has 6 nitrogen and oxygen atoms in total. The lowest BCUT2D eigenvalue weighted by molar-refractivity contribution is -0.136. The molecule has 3 amide bonds. The van der Waals surface area contributed by atoms with Crippen LogP contribution < -0.4 is 10.1 Å². The van der Waals surface area contributed by atoms with Crippen molar-refractivity contribution in [1.82, 2.24) is 10.2 Å². The van der Waals surface area contributed by atoms with E-state index in [4.69, 9.17) is 0 Å². The van der Waals surface area contributed by atoms with Gasteiger partial charge in [0.1, 0.15) is 11.8 Å². The molecule has 3 rings (SSSR count). The van der Waals surface area contributed by atoms with Gasteiger partial charge in [-0.15, -0.1) is 0 Å². The second kappa shape index (κ2) is 5.36. The molecule has 0 bridgehead atoms. The lowest BCUT2D eigenvalue weighted by atomic mass is 10.0. The second-order valence-corrected chi connectivity index (χ2v) is 5.07. The number of hydrogen-bond acceptors (Lipinski definition) is 4. The topological polar surface area (TPSA) is 75.7 Å². The number of nitrogens with one attached hydrogen (secondary N) is 1. The summed E-state index contributed by atoms with van der Waals surface area (Å²) in [5.41, 5.74) is 0.570. The number of halogens is 2. The average Bonchev–Trinajstić information content (AvgIpc) is 2.76. The molecule has 2 heterocycles. The summed E-state index contributed by atoms with van der Waals surface area (Å²) in [5, 5.41) is 2.18. The Kier molecular flexibility index (Phi) is 3.51. The van der Waals surface area contributed by atoms with Crippen LogP contribution in [0.1, 0.15) is 28.8 Å². The summed E-state index contributed by atoms with van der Waals surface area (Å²) in [4.78, 5) is 36.8. The molecule has 1 N–H and O–H groups in total. The summed E-state index contributed by atoms with van der Waals surface area (Å²) in [7, 11) is 0. The molecule has 22 heavy (non-hydrogen) atoms. The van der Waals surface area contributed by atoms with Crippen LogP contribution in [0.5, 0.6) is 5.75 Å². The first-order valence-electron chi connectivity index (χ1n) is 6.68. The van der Waals surface area contributed by atoms with E-state index >= 15 is 0 Å². The number of nitrogens with zero attached hydrogens (tertiary/aromatic N) is 1. The highest BCUT2D eigenvalue weighted by Gasteiger charge is 2.40. The molecule has 0 radical (unpaired) electrons. The van der Waals surface area contributed by atoms with Crippen LogP contribution in [-0.2, 0) is 16.1 Å². The monoisotopic (exact) mass is 310 g/mol. The van der Waals surface area contributed by atoms with Crippen molar-refractivity contribution in [3.05, 3.63) is 29.3 Å². The smallest absolute Gasteiger partial charge is 0.387 e. The minimum absolute atomic E-state index is 0.0486. The van der Waals surface area contributed by atoms with E-state index in [2.05, 4.69) is 10.1 Å². The maximum absolute atomic E-state index is 12.5.